The molecule has 0 aliphatic rings. The Morgan fingerprint density at radius 2 is 0.912 bits per heavy atom. The maximum absolute atomic E-state index is 6.45. The first-order valence-corrected chi connectivity index (χ1v) is 23.3. The predicted molar refractivity (Wildman–Crippen MR) is 287 cm³/mol. The van der Waals surface area contributed by atoms with Gasteiger partial charge in [-0.25, -0.2) is 0 Å². The molecule has 13 rings (SSSR count). The predicted octanol–water partition coefficient (Wildman–Crippen LogP) is 18.2. The van der Waals surface area contributed by atoms with Gasteiger partial charge in [-0.2, -0.15) is 0 Å². The second-order valence-corrected chi connectivity index (χ2v) is 17.7. The molecular weight excluding hydrogens is 825 g/mol. The van der Waals surface area contributed by atoms with Gasteiger partial charge in [0.2, 0.25) is 0 Å². The fourth-order valence-corrected chi connectivity index (χ4v) is 10.5. The zero-order valence-electron chi connectivity index (χ0n) is 37.4. The van der Waals surface area contributed by atoms with Crippen molar-refractivity contribution in [2.24, 2.45) is 0 Å². The number of nitrogens with zero attached hydrogens (tertiary/aromatic N) is 1. The van der Waals surface area contributed by atoms with Gasteiger partial charge in [0, 0.05) is 49.5 Å². The minimum absolute atomic E-state index is 0.900. The van der Waals surface area contributed by atoms with Gasteiger partial charge in [0.15, 0.2) is 0 Å². The number of nitrogens with one attached hydrogen (secondary N) is 1. The van der Waals surface area contributed by atoms with Gasteiger partial charge in [-0.05, 0) is 105 Å². The van der Waals surface area contributed by atoms with Gasteiger partial charge >= 0.3 is 0 Å². The van der Waals surface area contributed by atoms with E-state index in [4.69, 9.17) is 4.42 Å². The molecule has 0 aliphatic carbocycles. The maximum atomic E-state index is 6.45. The monoisotopic (exact) mass is 868 g/mol. The van der Waals surface area contributed by atoms with Gasteiger partial charge in [0.25, 0.3) is 0 Å². The molecule has 11 aromatic carbocycles. The molecule has 0 fully saturated rings. The lowest BCUT2D eigenvalue weighted by Crippen LogP contribution is -1.99. The average Bonchev–Trinajstić information content (AvgIpc) is 3.95. The number of benzene rings is 11. The molecule has 68 heavy (non-hydrogen) atoms. The molecule has 0 bridgehead atoms. The van der Waals surface area contributed by atoms with Gasteiger partial charge in [-0.15, -0.1) is 0 Å². The summed E-state index contributed by atoms with van der Waals surface area (Å²) in [6.45, 7) is 2.22. The number of anilines is 2. The molecule has 0 radical (unpaired) electrons. The van der Waals surface area contributed by atoms with Crippen LogP contribution in [0.2, 0.25) is 0 Å². The summed E-state index contributed by atoms with van der Waals surface area (Å²) in [4.78, 5) is 0. The molecule has 0 amide bonds. The highest BCUT2D eigenvalue weighted by molar-refractivity contribution is 6.11. The Labute approximate surface area is 394 Å². The first-order valence-electron chi connectivity index (χ1n) is 23.3. The number of hydrogen-bond acceptors (Lipinski definition) is 2. The molecule has 3 nitrogen and oxygen atoms in total. The quantitative estimate of drug-likeness (QED) is 0.165. The second kappa shape index (κ2) is 16.2. The number of aromatic nitrogens is 1. The lowest BCUT2D eigenvalue weighted by molar-refractivity contribution is 0.670. The van der Waals surface area contributed by atoms with Crippen LogP contribution in [0.3, 0.4) is 0 Å². The summed E-state index contributed by atoms with van der Waals surface area (Å²) in [6, 6.07) is 87.7. The van der Waals surface area contributed by atoms with E-state index in [-0.39, 0.29) is 0 Å². The number of hydrogen-bond donors (Lipinski definition) is 1. The van der Waals surface area contributed by atoms with Crippen molar-refractivity contribution in [2.75, 3.05) is 5.32 Å². The van der Waals surface area contributed by atoms with E-state index in [1.165, 1.54) is 60.4 Å². The Balaban J connectivity index is 0.980. The summed E-state index contributed by atoms with van der Waals surface area (Å²) in [5.74, 6) is 0. The van der Waals surface area contributed by atoms with Gasteiger partial charge in [0.05, 0.1) is 22.4 Å². The highest BCUT2D eigenvalue weighted by Crippen LogP contribution is 2.46. The normalized spacial score (nSPS) is 11.6. The third kappa shape index (κ3) is 6.59. The number of rotatable bonds is 8. The van der Waals surface area contributed by atoms with Crippen LogP contribution in [0.15, 0.2) is 247 Å². The minimum atomic E-state index is 0.900. The van der Waals surface area contributed by atoms with Crippen molar-refractivity contribution in [1.29, 1.82) is 0 Å². The fourth-order valence-electron chi connectivity index (χ4n) is 10.5. The molecule has 0 atom stereocenters. The van der Waals surface area contributed by atoms with Crippen LogP contribution in [0.4, 0.5) is 11.4 Å². The fraction of sp³-hybridized carbons (Fsp3) is 0.0154. The maximum Gasteiger partial charge on any atom is 0.143 e. The minimum Gasteiger partial charge on any atom is -0.455 e. The average molecular weight is 869 g/mol. The van der Waals surface area contributed by atoms with Crippen LogP contribution in [0.5, 0.6) is 0 Å². The van der Waals surface area contributed by atoms with Crippen molar-refractivity contribution in [3.05, 3.63) is 248 Å². The molecule has 0 aliphatic heterocycles. The first kappa shape index (κ1) is 39.4. The van der Waals surface area contributed by atoms with Crippen LogP contribution in [-0.4, -0.2) is 4.57 Å². The summed E-state index contributed by atoms with van der Waals surface area (Å²) in [5.41, 5.74) is 20.0. The van der Waals surface area contributed by atoms with Crippen LogP contribution in [-0.2, 0) is 0 Å². The molecule has 0 saturated carbocycles. The first-order chi connectivity index (χ1) is 33.6. The Bertz CT molecular complexity index is 4020. The van der Waals surface area contributed by atoms with E-state index in [1.807, 2.05) is 12.1 Å². The van der Waals surface area contributed by atoms with Crippen molar-refractivity contribution >= 4 is 65.9 Å². The highest BCUT2D eigenvalue weighted by atomic mass is 16.3. The summed E-state index contributed by atoms with van der Waals surface area (Å²) < 4.78 is 8.89. The van der Waals surface area contributed by atoms with Crippen LogP contribution in [0, 0.1) is 6.92 Å². The number of aryl methyl sites for hydroxylation is 1. The molecule has 3 heteroatoms. The van der Waals surface area contributed by atoms with Gasteiger partial charge in [0.1, 0.15) is 11.2 Å². The summed E-state index contributed by atoms with van der Waals surface area (Å²) >= 11 is 0. The van der Waals surface area contributed by atoms with Gasteiger partial charge in [-0.3, -0.25) is 0 Å². The SMILES string of the molecule is Cc1ccccc1-c1cc(-c2cccc(-c3ccc4ccccc4c3)c2Nc2ccc(-c3cccc4c3oc3ccccc34)cc2)ccc1-c1ccccc1-n1c2ccccc2c2ccccc21. The molecule has 1 N–H and O–H groups in total. The molecule has 13 aromatic rings. The van der Waals surface area contributed by atoms with E-state index in [9.17, 15) is 0 Å². The Kier molecular flexibility index (Phi) is 9.40. The topological polar surface area (TPSA) is 30.1 Å². The molecule has 0 unspecified atom stereocenters. The lowest BCUT2D eigenvalue weighted by atomic mass is 9.87. The van der Waals surface area contributed by atoms with E-state index in [0.29, 0.717) is 0 Å². The van der Waals surface area contributed by atoms with Crippen LogP contribution in [0.1, 0.15) is 5.56 Å². The zero-order chi connectivity index (χ0) is 45.1. The van der Waals surface area contributed by atoms with E-state index in [0.717, 1.165) is 72.4 Å². The number of para-hydroxylation sites is 6. The van der Waals surface area contributed by atoms with E-state index >= 15 is 0 Å². The largest absolute Gasteiger partial charge is 0.455 e. The molecule has 2 aromatic heterocycles. The zero-order valence-corrected chi connectivity index (χ0v) is 37.4. The smallest absolute Gasteiger partial charge is 0.143 e. The summed E-state index contributed by atoms with van der Waals surface area (Å²) in [5, 5.41) is 11.2. The lowest BCUT2D eigenvalue weighted by Gasteiger charge is -2.21. The second-order valence-electron chi connectivity index (χ2n) is 17.7. The Hall–Kier alpha value is -8.92. The highest BCUT2D eigenvalue weighted by Gasteiger charge is 2.21. The van der Waals surface area contributed by atoms with E-state index in [2.05, 4.69) is 247 Å². The van der Waals surface area contributed by atoms with E-state index < -0.39 is 0 Å². The Morgan fingerprint density at radius 1 is 0.353 bits per heavy atom. The van der Waals surface area contributed by atoms with Gasteiger partial charge < -0.3 is 14.3 Å². The third-order valence-corrected chi connectivity index (χ3v) is 13.8. The van der Waals surface area contributed by atoms with Crippen molar-refractivity contribution < 1.29 is 4.42 Å². The van der Waals surface area contributed by atoms with Crippen LogP contribution >= 0.6 is 0 Å². The standard InChI is InChI=1S/C65H44N2O/c1-42-16-2-5-19-49(42)59-41-47(36-39-53(59)54-20-6-10-28-60(54)67-61-29-11-7-21-55(61)56-22-8-12-30-62(56)67)51-25-14-24-50(46-33-32-43-17-3-4-18-45(43)40-46)64(51)66-48-37-34-44(35-38-48)52-26-15-27-58-57-23-9-13-31-63(57)68-65(52)58/h2-41,66H,1H3. The van der Waals surface area contributed by atoms with Crippen LogP contribution in [0.25, 0.3) is 116 Å². The van der Waals surface area contributed by atoms with Gasteiger partial charge in [-0.1, -0.05) is 194 Å². The molecule has 2 heterocycles. The van der Waals surface area contributed by atoms with Crippen molar-refractivity contribution in [3.63, 3.8) is 0 Å². The van der Waals surface area contributed by atoms with Crippen molar-refractivity contribution in [2.45, 2.75) is 6.92 Å². The molecule has 0 saturated heterocycles. The molecule has 320 valence electrons. The Morgan fingerprint density at radius 3 is 1.69 bits per heavy atom. The number of furan rings is 1. The van der Waals surface area contributed by atoms with E-state index in [1.54, 1.807) is 0 Å². The van der Waals surface area contributed by atoms with Crippen molar-refractivity contribution in [1.82, 2.24) is 4.57 Å². The van der Waals surface area contributed by atoms with Crippen molar-refractivity contribution in [3.8, 4) is 61.3 Å². The molecule has 0 spiro atoms. The summed E-state index contributed by atoms with van der Waals surface area (Å²) in [6.07, 6.45) is 0. The molecular formula is C65H44N2O. The van der Waals surface area contributed by atoms with Crippen LogP contribution < -0.4 is 5.32 Å². The third-order valence-electron chi connectivity index (χ3n) is 13.8. The number of fused-ring (bicyclic) bond motifs is 7. The summed E-state index contributed by atoms with van der Waals surface area (Å²) in [7, 11) is 0.